The minimum atomic E-state index is 0.490. The minimum Gasteiger partial charge on any atom is -0.317 e. The average molecular weight is 324 g/mol. The van der Waals surface area contributed by atoms with Crippen molar-refractivity contribution in [2.24, 2.45) is 0 Å². The fraction of sp³-hybridized carbons (Fsp3) is 0.478. The Morgan fingerprint density at radius 2 is 1.21 bits per heavy atom. The molecule has 1 N–H and O–H groups in total. The van der Waals surface area contributed by atoms with Crippen LogP contribution in [-0.2, 0) is 0 Å². The van der Waals surface area contributed by atoms with E-state index in [9.17, 15) is 0 Å². The molecule has 0 aromatic heterocycles. The Balaban J connectivity index is 1.74. The van der Waals surface area contributed by atoms with Gasteiger partial charge in [0, 0.05) is 5.92 Å². The average Bonchev–Trinajstić information content (AvgIpc) is 2.65. The van der Waals surface area contributed by atoms with Crippen molar-refractivity contribution >= 4 is 0 Å². The van der Waals surface area contributed by atoms with Crippen LogP contribution in [0.5, 0.6) is 0 Å². The topological polar surface area (TPSA) is 12.0 Å². The predicted octanol–water partition coefficient (Wildman–Crippen LogP) is 6.16. The lowest BCUT2D eigenvalue weighted by Crippen LogP contribution is -2.19. The summed E-state index contributed by atoms with van der Waals surface area (Å²) in [5, 5.41) is 3.65. The van der Waals surface area contributed by atoms with E-state index in [0.29, 0.717) is 5.92 Å². The van der Waals surface area contributed by atoms with Gasteiger partial charge in [0.05, 0.1) is 0 Å². The van der Waals surface area contributed by atoms with E-state index >= 15 is 0 Å². The van der Waals surface area contributed by atoms with Crippen LogP contribution in [0.15, 0.2) is 60.7 Å². The van der Waals surface area contributed by atoms with E-state index in [1.807, 2.05) is 0 Å². The maximum Gasteiger partial charge on any atom is 0.0101 e. The highest BCUT2D eigenvalue weighted by atomic mass is 14.8. The van der Waals surface area contributed by atoms with Gasteiger partial charge in [-0.2, -0.15) is 0 Å². The monoisotopic (exact) mass is 323 g/mol. The number of benzene rings is 2. The highest BCUT2D eigenvalue weighted by Gasteiger charge is 2.12. The van der Waals surface area contributed by atoms with Gasteiger partial charge in [-0.25, -0.2) is 0 Å². The molecular weight excluding hydrogens is 290 g/mol. The van der Waals surface area contributed by atoms with Gasteiger partial charge in [-0.3, -0.25) is 0 Å². The minimum absolute atomic E-state index is 0.490. The Labute approximate surface area is 148 Å². The predicted molar refractivity (Wildman–Crippen MR) is 106 cm³/mol. The normalized spacial score (nSPS) is 11.1. The number of hydrogen-bond donors (Lipinski definition) is 1. The summed E-state index contributed by atoms with van der Waals surface area (Å²) in [7, 11) is 0. The molecule has 2 rings (SSSR count). The molecule has 0 fully saturated rings. The van der Waals surface area contributed by atoms with E-state index in [1.54, 1.807) is 0 Å². The van der Waals surface area contributed by atoms with Crippen molar-refractivity contribution < 1.29 is 0 Å². The molecule has 0 amide bonds. The number of unbranched alkanes of at least 4 members (excludes halogenated alkanes) is 5. The van der Waals surface area contributed by atoms with Crippen LogP contribution in [0, 0.1) is 0 Å². The Kier molecular flexibility index (Phi) is 9.26. The van der Waals surface area contributed by atoms with Gasteiger partial charge in [-0.15, -0.1) is 0 Å². The summed E-state index contributed by atoms with van der Waals surface area (Å²) in [5.41, 5.74) is 2.84. The lowest BCUT2D eigenvalue weighted by Gasteiger charge is -2.18. The van der Waals surface area contributed by atoms with Crippen LogP contribution in [0.2, 0.25) is 0 Å². The summed E-state index contributed by atoms with van der Waals surface area (Å²) in [6.07, 6.45) is 9.36. The first-order valence-electron chi connectivity index (χ1n) is 9.72. The van der Waals surface area contributed by atoms with Crippen LogP contribution >= 0.6 is 0 Å². The lowest BCUT2D eigenvalue weighted by molar-refractivity contribution is 0.555. The maximum absolute atomic E-state index is 3.65. The molecular formula is C23H33N. The van der Waals surface area contributed by atoms with Gasteiger partial charge in [0.25, 0.3) is 0 Å². The van der Waals surface area contributed by atoms with Crippen LogP contribution in [0.25, 0.3) is 0 Å². The van der Waals surface area contributed by atoms with Crippen molar-refractivity contribution in [3.8, 4) is 0 Å². The largest absolute Gasteiger partial charge is 0.317 e. The van der Waals surface area contributed by atoms with E-state index < -0.39 is 0 Å². The molecule has 0 spiro atoms. The van der Waals surface area contributed by atoms with E-state index in [-0.39, 0.29) is 0 Å². The molecule has 130 valence electrons. The SMILES string of the molecule is CCCCCCCCNCCC(c1ccccc1)c1ccccc1. The van der Waals surface area contributed by atoms with Crippen molar-refractivity contribution in [2.75, 3.05) is 13.1 Å². The second-order valence-electron chi connectivity index (χ2n) is 6.68. The Morgan fingerprint density at radius 1 is 0.667 bits per heavy atom. The van der Waals surface area contributed by atoms with E-state index in [4.69, 9.17) is 0 Å². The van der Waals surface area contributed by atoms with Gasteiger partial charge in [-0.1, -0.05) is 99.7 Å². The van der Waals surface area contributed by atoms with Crippen molar-refractivity contribution in [1.82, 2.24) is 5.32 Å². The van der Waals surface area contributed by atoms with Gasteiger partial charge < -0.3 is 5.32 Å². The van der Waals surface area contributed by atoms with Crippen molar-refractivity contribution in [3.05, 3.63) is 71.8 Å². The van der Waals surface area contributed by atoms with E-state index in [0.717, 1.165) is 19.5 Å². The molecule has 1 heteroatoms. The van der Waals surface area contributed by atoms with Gasteiger partial charge >= 0.3 is 0 Å². The highest BCUT2D eigenvalue weighted by Crippen LogP contribution is 2.27. The van der Waals surface area contributed by atoms with E-state index in [1.165, 1.54) is 49.7 Å². The van der Waals surface area contributed by atoms with Gasteiger partial charge in [0.1, 0.15) is 0 Å². The third kappa shape index (κ3) is 6.88. The molecule has 1 nitrogen and oxygen atoms in total. The van der Waals surface area contributed by atoms with Gasteiger partial charge in [0.2, 0.25) is 0 Å². The summed E-state index contributed by atoms with van der Waals surface area (Å²) >= 11 is 0. The smallest absolute Gasteiger partial charge is 0.0101 e. The Hall–Kier alpha value is -1.60. The summed E-state index contributed by atoms with van der Waals surface area (Å²) in [4.78, 5) is 0. The molecule has 0 heterocycles. The van der Waals surface area contributed by atoms with Gasteiger partial charge in [-0.05, 0) is 37.1 Å². The molecule has 0 aliphatic heterocycles. The van der Waals surface area contributed by atoms with Crippen LogP contribution in [0.4, 0.5) is 0 Å². The first kappa shape index (κ1) is 18.7. The zero-order valence-corrected chi connectivity index (χ0v) is 15.2. The van der Waals surface area contributed by atoms with Crippen molar-refractivity contribution in [3.63, 3.8) is 0 Å². The van der Waals surface area contributed by atoms with Gasteiger partial charge in [0.15, 0.2) is 0 Å². The van der Waals surface area contributed by atoms with Crippen LogP contribution in [0.1, 0.15) is 68.9 Å². The second kappa shape index (κ2) is 11.9. The first-order valence-corrected chi connectivity index (χ1v) is 9.72. The molecule has 24 heavy (non-hydrogen) atoms. The molecule has 2 aromatic rings. The van der Waals surface area contributed by atoms with Crippen LogP contribution in [-0.4, -0.2) is 13.1 Å². The number of nitrogens with one attached hydrogen (secondary N) is 1. The Bertz CT molecular complexity index is 481. The third-order valence-electron chi connectivity index (χ3n) is 4.72. The summed E-state index contributed by atoms with van der Waals surface area (Å²) in [6.45, 7) is 4.52. The molecule has 0 radical (unpaired) electrons. The quantitative estimate of drug-likeness (QED) is 0.461. The second-order valence-corrected chi connectivity index (χ2v) is 6.68. The van der Waals surface area contributed by atoms with E-state index in [2.05, 4.69) is 72.9 Å². The lowest BCUT2D eigenvalue weighted by atomic mass is 9.88. The number of hydrogen-bond acceptors (Lipinski definition) is 1. The molecule has 0 aliphatic carbocycles. The molecule has 0 atom stereocenters. The molecule has 0 bridgehead atoms. The van der Waals surface area contributed by atoms with Crippen LogP contribution < -0.4 is 5.32 Å². The first-order chi connectivity index (χ1) is 11.9. The van der Waals surface area contributed by atoms with Crippen LogP contribution in [0.3, 0.4) is 0 Å². The third-order valence-corrected chi connectivity index (χ3v) is 4.72. The molecule has 0 unspecified atom stereocenters. The molecule has 0 saturated carbocycles. The summed E-state index contributed by atoms with van der Waals surface area (Å²) < 4.78 is 0. The zero-order chi connectivity index (χ0) is 16.9. The fourth-order valence-corrected chi connectivity index (χ4v) is 3.30. The molecule has 2 aromatic carbocycles. The Morgan fingerprint density at radius 3 is 1.79 bits per heavy atom. The zero-order valence-electron chi connectivity index (χ0n) is 15.2. The molecule has 0 saturated heterocycles. The molecule has 0 aliphatic rings. The fourth-order valence-electron chi connectivity index (χ4n) is 3.30. The van der Waals surface area contributed by atoms with Crippen molar-refractivity contribution in [2.45, 2.75) is 57.8 Å². The number of rotatable bonds is 12. The summed E-state index contributed by atoms with van der Waals surface area (Å²) in [6, 6.07) is 21.8. The standard InChI is InChI=1S/C23H33N/c1-2-3-4-5-6-13-19-24-20-18-23(21-14-9-7-10-15-21)22-16-11-8-12-17-22/h7-12,14-17,23-24H,2-6,13,18-20H2,1H3. The maximum atomic E-state index is 3.65. The summed E-state index contributed by atoms with van der Waals surface area (Å²) in [5.74, 6) is 0.490. The van der Waals surface area contributed by atoms with Crippen molar-refractivity contribution in [1.29, 1.82) is 0 Å². The highest BCUT2D eigenvalue weighted by molar-refractivity contribution is 5.32.